The van der Waals surface area contributed by atoms with Gasteiger partial charge in [0.05, 0.1) is 20.8 Å². The standard InChI is InChI=1S/C23H26ClN5O3/c1-31-19-11-10-18(14-20(19)32-2)29(23(30)25-17-8-6-7-16(24)13-17)15-22-27-26-21-9-4-3-5-12-28(21)22/h6-8,10-11,13-14H,3-5,9,12,15H2,1-2H3,(H,25,30). The molecule has 1 aromatic heterocycles. The molecule has 0 aliphatic carbocycles. The van der Waals surface area contributed by atoms with Crippen LogP contribution < -0.4 is 19.7 Å². The number of nitrogens with zero attached hydrogens (tertiary/aromatic N) is 4. The SMILES string of the molecule is COc1ccc(N(Cc2nnc3n2CCCCC3)C(=O)Nc2cccc(Cl)c2)cc1OC. The molecule has 1 aliphatic rings. The minimum Gasteiger partial charge on any atom is -0.493 e. The maximum Gasteiger partial charge on any atom is 0.326 e. The van der Waals surface area contributed by atoms with Gasteiger partial charge >= 0.3 is 6.03 Å². The van der Waals surface area contributed by atoms with Crippen molar-refractivity contribution in [3.05, 3.63) is 59.1 Å². The summed E-state index contributed by atoms with van der Waals surface area (Å²) in [6, 6.07) is 12.1. The molecule has 0 saturated heterocycles. The molecule has 0 bridgehead atoms. The summed E-state index contributed by atoms with van der Waals surface area (Å²) in [6.45, 7) is 1.11. The van der Waals surface area contributed by atoms with E-state index in [2.05, 4.69) is 20.1 Å². The Hall–Kier alpha value is -3.26. The number of ether oxygens (including phenoxy) is 2. The van der Waals surface area contributed by atoms with Gasteiger partial charge in [-0.2, -0.15) is 0 Å². The molecule has 168 valence electrons. The van der Waals surface area contributed by atoms with E-state index in [0.29, 0.717) is 27.9 Å². The van der Waals surface area contributed by atoms with E-state index in [-0.39, 0.29) is 12.6 Å². The maximum absolute atomic E-state index is 13.4. The number of fused-ring (bicyclic) bond motifs is 1. The maximum atomic E-state index is 13.4. The van der Waals surface area contributed by atoms with Crippen LogP contribution in [0.25, 0.3) is 0 Å². The number of halogens is 1. The Morgan fingerprint density at radius 2 is 1.94 bits per heavy atom. The Bertz CT molecular complexity index is 1100. The number of nitrogens with one attached hydrogen (secondary N) is 1. The van der Waals surface area contributed by atoms with Gasteiger partial charge < -0.3 is 19.4 Å². The number of carbonyl (C=O) groups excluding carboxylic acids is 1. The average Bonchev–Trinajstić information content (AvgIpc) is 3.02. The monoisotopic (exact) mass is 455 g/mol. The van der Waals surface area contributed by atoms with Crippen molar-refractivity contribution in [2.24, 2.45) is 0 Å². The zero-order valence-electron chi connectivity index (χ0n) is 18.2. The van der Waals surface area contributed by atoms with Crippen molar-refractivity contribution in [2.45, 2.75) is 38.8 Å². The normalized spacial score (nSPS) is 13.1. The number of aromatic nitrogens is 3. The summed E-state index contributed by atoms with van der Waals surface area (Å²) in [5.74, 6) is 2.84. The van der Waals surface area contributed by atoms with E-state index in [0.717, 1.165) is 43.9 Å². The number of hydrogen-bond donors (Lipinski definition) is 1. The third-order valence-electron chi connectivity index (χ3n) is 5.49. The van der Waals surface area contributed by atoms with Gasteiger partial charge in [0.2, 0.25) is 0 Å². The van der Waals surface area contributed by atoms with Gasteiger partial charge in [-0.1, -0.05) is 24.1 Å². The van der Waals surface area contributed by atoms with Gasteiger partial charge in [-0.3, -0.25) is 4.90 Å². The molecule has 2 heterocycles. The topological polar surface area (TPSA) is 81.5 Å². The first-order valence-corrected chi connectivity index (χ1v) is 10.9. The van der Waals surface area contributed by atoms with Crippen LogP contribution in [-0.4, -0.2) is 35.0 Å². The Labute approximate surface area is 192 Å². The summed E-state index contributed by atoms with van der Waals surface area (Å²) in [7, 11) is 3.14. The predicted octanol–water partition coefficient (Wildman–Crippen LogP) is 4.91. The molecule has 4 rings (SSSR count). The van der Waals surface area contributed by atoms with E-state index in [1.807, 2.05) is 6.07 Å². The summed E-state index contributed by atoms with van der Waals surface area (Å²) < 4.78 is 12.9. The van der Waals surface area contributed by atoms with Crippen LogP contribution >= 0.6 is 11.6 Å². The zero-order chi connectivity index (χ0) is 22.5. The summed E-state index contributed by atoms with van der Waals surface area (Å²) in [6.07, 6.45) is 4.24. The Kier molecular flexibility index (Phi) is 6.80. The van der Waals surface area contributed by atoms with Crippen molar-refractivity contribution < 1.29 is 14.3 Å². The van der Waals surface area contributed by atoms with Crippen LogP contribution in [0.3, 0.4) is 0 Å². The highest BCUT2D eigenvalue weighted by Gasteiger charge is 2.23. The summed E-state index contributed by atoms with van der Waals surface area (Å²) in [4.78, 5) is 15.0. The number of amides is 2. The molecule has 9 heteroatoms. The first-order valence-electron chi connectivity index (χ1n) is 10.6. The average molecular weight is 456 g/mol. The van der Waals surface area contributed by atoms with Gasteiger partial charge in [-0.15, -0.1) is 10.2 Å². The highest BCUT2D eigenvalue weighted by atomic mass is 35.5. The fourth-order valence-corrected chi connectivity index (χ4v) is 4.02. The van der Waals surface area contributed by atoms with E-state index in [1.54, 1.807) is 55.5 Å². The molecule has 0 saturated carbocycles. The summed E-state index contributed by atoms with van der Waals surface area (Å²) >= 11 is 6.09. The molecule has 0 radical (unpaired) electrons. The lowest BCUT2D eigenvalue weighted by Gasteiger charge is -2.24. The quantitative estimate of drug-likeness (QED) is 0.570. The number of methoxy groups -OCH3 is 2. The Morgan fingerprint density at radius 3 is 2.72 bits per heavy atom. The lowest BCUT2D eigenvalue weighted by Crippen LogP contribution is -2.35. The van der Waals surface area contributed by atoms with Crippen LogP contribution in [0.1, 0.15) is 30.9 Å². The fourth-order valence-electron chi connectivity index (χ4n) is 3.83. The number of hydrogen-bond acceptors (Lipinski definition) is 5. The van der Waals surface area contributed by atoms with E-state index in [4.69, 9.17) is 21.1 Å². The van der Waals surface area contributed by atoms with Crippen molar-refractivity contribution >= 4 is 29.0 Å². The number of urea groups is 1. The third-order valence-corrected chi connectivity index (χ3v) is 5.72. The predicted molar refractivity (Wildman–Crippen MR) is 124 cm³/mol. The second kappa shape index (κ2) is 9.91. The van der Waals surface area contributed by atoms with Crippen LogP contribution in [0.2, 0.25) is 5.02 Å². The van der Waals surface area contributed by atoms with Crippen molar-refractivity contribution in [3.63, 3.8) is 0 Å². The van der Waals surface area contributed by atoms with Gasteiger partial charge in [-0.25, -0.2) is 4.79 Å². The number of anilines is 2. The molecule has 32 heavy (non-hydrogen) atoms. The van der Waals surface area contributed by atoms with Gasteiger partial charge in [0.25, 0.3) is 0 Å². The van der Waals surface area contributed by atoms with Gasteiger partial charge in [0.15, 0.2) is 17.3 Å². The largest absolute Gasteiger partial charge is 0.493 e. The van der Waals surface area contributed by atoms with Crippen molar-refractivity contribution in [1.29, 1.82) is 0 Å². The fraction of sp³-hybridized carbons (Fsp3) is 0.348. The Balaban J connectivity index is 1.68. The third kappa shape index (κ3) is 4.80. The molecule has 0 spiro atoms. The van der Waals surface area contributed by atoms with Gasteiger partial charge in [-0.05, 0) is 43.2 Å². The molecule has 0 atom stereocenters. The van der Waals surface area contributed by atoms with Crippen LogP contribution in [0.15, 0.2) is 42.5 Å². The van der Waals surface area contributed by atoms with E-state index in [1.165, 1.54) is 0 Å². The molecule has 2 aromatic carbocycles. The van der Waals surface area contributed by atoms with Crippen molar-refractivity contribution in [1.82, 2.24) is 14.8 Å². The van der Waals surface area contributed by atoms with Crippen LogP contribution in [0.5, 0.6) is 11.5 Å². The lowest BCUT2D eigenvalue weighted by molar-refractivity contribution is 0.256. The number of carbonyl (C=O) groups is 1. The second-order valence-electron chi connectivity index (χ2n) is 7.56. The van der Waals surface area contributed by atoms with Gasteiger partial charge in [0.1, 0.15) is 5.82 Å². The molecule has 8 nitrogen and oxygen atoms in total. The number of rotatable bonds is 6. The van der Waals surface area contributed by atoms with E-state index >= 15 is 0 Å². The molecular weight excluding hydrogens is 430 g/mol. The van der Waals surface area contributed by atoms with Gasteiger partial charge in [0, 0.05) is 35.4 Å². The molecule has 2 amide bonds. The molecule has 0 unspecified atom stereocenters. The van der Waals surface area contributed by atoms with E-state index in [9.17, 15) is 4.79 Å². The smallest absolute Gasteiger partial charge is 0.326 e. The van der Waals surface area contributed by atoms with Crippen LogP contribution in [0, 0.1) is 0 Å². The minimum absolute atomic E-state index is 0.259. The van der Waals surface area contributed by atoms with E-state index < -0.39 is 0 Å². The van der Waals surface area contributed by atoms with Crippen LogP contribution in [0.4, 0.5) is 16.2 Å². The lowest BCUT2D eigenvalue weighted by atomic mass is 10.2. The minimum atomic E-state index is -0.314. The molecular formula is C23H26ClN5O3. The molecule has 3 aromatic rings. The molecule has 1 aliphatic heterocycles. The summed E-state index contributed by atoms with van der Waals surface area (Å²) in [5.41, 5.74) is 1.25. The first-order chi connectivity index (χ1) is 15.6. The molecule has 1 N–H and O–H groups in total. The highest BCUT2D eigenvalue weighted by Crippen LogP contribution is 2.32. The summed E-state index contributed by atoms with van der Waals surface area (Å²) in [5, 5.41) is 12.2. The van der Waals surface area contributed by atoms with Crippen LogP contribution in [-0.2, 0) is 19.5 Å². The van der Waals surface area contributed by atoms with Crippen molar-refractivity contribution in [2.75, 3.05) is 24.4 Å². The number of aryl methyl sites for hydroxylation is 1. The first kappa shape index (κ1) is 22.0. The molecule has 0 fully saturated rings. The second-order valence-corrected chi connectivity index (χ2v) is 8.00. The highest BCUT2D eigenvalue weighted by molar-refractivity contribution is 6.30. The van der Waals surface area contributed by atoms with Crippen molar-refractivity contribution in [3.8, 4) is 11.5 Å². The number of benzene rings is 2. The zero-order valence-corrected chi connectivity index (χ0v) is 18.9. The Morgan fingerprint density at radius 1 is 1.09 bits per heavy atom.